The highest BCUT2D eigenvalue weighted by Gasteiger charge is 2.08. The third kappa shape index (κ3) is 3.10. The van der Waals surface area contributed by atoms with Crippen LogP contribution in [0.1, 0.15) is 10.4 Å². The number of hydrogen-bond acceptors (Lipinski definition) is 3. The highest BCUT2D eigenvalue weighted by molar-refractivity contribution is 6.42. The van der Waals surface area contributed by atoms with Crippen molar-refractivity contribution in [2.24, 2.45) is 0 Å². The maximum Gasteiger partial charge on any atom is 0.256 e. The van der Waals surface area contributed by atoms with Gasteiger partial charge in [0.05, 0.1) is 15.7 Å². The molecule has 0 radical (unpaired) electrons. The lowest BCUT2D eigenvalue weighted by Gasteiger charge is -2.04. The van der Waals surface area contributed by atoms with Gasteiger partial charge in [0, 0.05) is 30.2 Å². The Kier molecular flexibility index (Phi) is 4.09. The van der Waals surface area contributed by atoms with E-state index in [1.807, 2.05) is 0 Å². The Balaban J connectivity index is 1.79. The maximum atomic E-state index is 12.0. The molecular weight excluding hydrogens is 323 g/mol. The molecule has 3 rings (SSSR count). The molecule has 3 aromatic rings. The molecule has 2 aromatic heterocycles. The minimum Gasteiger partial charge on any atom is -0.305 e. The van der Waals surface area contributed by atoms with Crippen LogP contribution in [0.4, 0.5) is 5.82 Å². The van der Waals surface area contributed by atoms with Crippen LogP contribution in [-0.2, 0) is 0 Å². The van der Waals surface area contributed by atoms with Crippen molar-refractivity contribution in [2.45, 2.75) is 0 Å². The van der Waals surface area contributed by atoms with Crippen LogP contribution in [0.15, 0.2) is 55.0 Å². The fraction of sp³-hybridized carbons (Fsp3) is 0. The van der Waals surface area contributed by atoms with E-state index in [0.29, 0.717) is 21.4 Å². The van der Waals surface area contributed by atoms with Gasteiger partial charge in [-0.15, -0.1) is 0 Å². The number of amides is 1. The van der Waals surface area contributed by atoms with E-state index < -0.39 is 0 Å². The van der Waals surface area contributed by atoms with Crippen molar-refractivity contribution < 1.29 is 4.79 Å². The zero-order chi connectivity index (χ0) is 15.5. The maximum absolute atomic E-state index is 12.0. The van der Waals surface area contributed by atoms with Crippen LogP contribution in [0.3, 0.4) is 0 Å². The number of carbonyl (C=O) groups excluding carboxylic acids is 1. The van der Waals surface area contributed by atoms with Crippen LogP contribution < -0.4 is 5.32 Å². The van der Waals surface area contributed by atoms with Gasteiger partial charge < -0.3 is 5.32 Å². The van der Waals surface area contributed by atoms with E-state index in [0.717, 1.165) is 5.69 Å². The molecule has 22 heavy (non-hydrogen) atoms. The fourth-order valence-electron chi connectivity index (χ4n) is 1.85. The standard InChI is InChI=1S/C15H10Cl2N4O/c16-12-2-1-11(9-13(12)17)21-8-5-14(20-21)19-15(22)10-3-6-18-7-4-10/h1-9H,(H,19,20,22). The van der Waals surface area contributed by atoms with E-state index in [1.54, 1.807) is 59.7 Å². The SMILES string of the molecule is O=C(Nc1ccn(-c2ccc(Cl)c(Cl)c2)n1)c1ccncc1. The summed E-state index contributed by atoms with van der Waals surface area (Å²) >= 11 is 11.9. The first-order valence-corrected chi connectivity index (χ1v) is 7.11. The first-order valence-electron chi connectivity index (χ1n) is 6.36. The molecule has 0 saturated heterocycles. The largest absolute Gasteiger partial charge is 0.305 e. The van der Waals surface area contributed by atoms with Crippen LogP contribution in [-0.4, -0.2) is 20.7 Å². The van der Waals surface area contributed by atoms with E-state index in [1.165, 1.54) is 0 Å². The Morgan fingerprint density at radius 3 is 2.55 bits per heavy atom. The van der Waals surface area contributed by atoms with Crippen molar-refractivity contribution >= 4 is 34.9 Å². The number of aromatic nitrogens is 3. The third-order valence-corrected chi connectivity index (χ3v) is 3.68. The predicted octanol–water partition coefficient (Wildman–Crippen LogP) is 3.83. The Bertz CT molecular complexity index is 817. The second kappa shape index (κ2) is 6.17. The lowest BCUT2D eigenvalue weighted by molar-refractivity contribution is 0.102. The second-order valence-corrected chi connectivity index (χ2v) is 5.25. The highest BCUT2D eigenvalue weighted by Crippen LogP contribution is 2.24. The average Bonchev–Trinajstić information content (AvgIpc) is 2.99. The Morgan fingerprint density at radius 2 is 1.82 bits per heavy atom. The van der Waals surface area contributed by atoms with Crippen molar-refractivity contribution in [3.8, 4) is 5.69 Å². The fourth-order valence-corrected chi connectivity index (χ4v) is 2.15. The molecular formula is C15H10Cl2N4O. The summed E-state index contributed by atoms with van der Waals surface area (Å²) in [4.78, 5) is 15.9. The van der Waals surface area contributed by atoms with E-state index in [-0.39, 0.29) is 5.91 Å². The van der Waals surface area contributed by atoms with E-state index in [4.69, 9.17) is 23.2 Å². The van der Waals surface area contributed by atoms with Crippen molar-refractivity contribution in [3.05, 3.63) is 70.6 Å². The predicted molar refractivity (Wildman–Crippen MR) is 85.8 cm³/mol. The van der Waals surface area contributed by atoms with E-state index >= 15 is 0 Å². The second-order valence-electron chi connectivity index (χ2n) is 4.43. The first kappa shape index (κ1) is 14.6. The number of pyridine rings is 1. The van der Waals surface area contributed by atoms with Gasteiger partial charge in [0.2, 0.25) is 0 Å². The van der Waals surface area contributed by atoms with E-state index in [2.05, 4.69) is 15.4 Å². The molecule has 0 bridgehead atoms. The summed E-state index contributed by atoms with van der Waals surface area (Å²) < 4.78 is 1.60. The van der Waals surface area contributed by atoms with Crippen LogP contribution in [0.2, 0.25) is 10.0 Å². The minimum atomic E-state index is -0.248. The van der Waals surface area contributed by atoms with Crippen LogP contribution in [0, 0.1) is 0 Å². The molecule has 7 heteroatoms. The molecule has 2 heterocycles. The van der Waals surface area contributed by atoms with Crippen molar-refractivity contribution in [2.75, 3.05) is 5.32 Å². The molecule has 0 fully saturated rings. The molecule has 1 aromatic carbocycles. The summed E-state index contributed by atoms with van der Waals surface area (Å²) in [7, 11) is 0. The summed E-state index contributed by atoms with van der Waals surface area (Å²) in [5.74, 6) is 0.190. The van der Waals surface area contributed by atoms with Gasteiger partial charge in [-0.05, 0) is 30.3 Å². The van der Waals surface area contributed by atoms with Gasteiger partial charge in [-0.1, -0.05) is 23.2 Å². The van der Waals surface area contributed by atoms with Gasteiger partial charge in [0.1, 0.15) is 0 Å². The lowest BCUT2D eigenvalue weighted by Crippen LogP contribution is -2.12. The van der Waals surface area contributed by atoms with Crippen molar-refractivity contribution in [1.82, 2.24) is 14.8 Å². The number of carbonyl (C=O) groups is 1. The topological polar surface area (TPSA) is 59.8 Å². The number of nitrogens with zero attached hydrogens (tertiary/aromatic N) is 3. The smallest absolute Gasteiger partial charge is 0.256 e. The number of nitrogens with one attached hydrogen (secondary N) is 1. The number of rotatable bonds is 3. The zero-order valence-corrected chi connectivity index (χ0v) is 12.7. The molecule has 0 aliphatic heterocycles. The monoisotopic (exact) mass is 332 g/mol. The molecule has 0 unspecified atom stereocenters. The normalized spacial score (nSPS) is 10.5. The number of anilines is 1. The molecule has 1 amide bonds. The summed E-state index contributed by atoms with van der Waals surface area (Å²) in [6.07, 6.45) is 4.84. The molecule has 0 aliphatic rings. The van der Waals surface area contributed by atoms with Crippen molar-refractivity contribution in [3.63, 3.8) is 0 Å². The zero-order valence-electron chi connectivity index (χ0n) is 11.2. The molecule has 0 aliphatic carbocycles. The molecule has 1 N–H and O–H groups in total. The van der Waals surface area contributed by atoms with Gasteiger partial charge in [-0.2, -0.15) is 5.10 Å². The lowest BCUT2D eigenvalue weighted by atomic mass is 10.2. The van der Waals surface area contributed by atoms with Crippen LogP contribution in [0.5, 0.6) is 0 Å². The van der Waals surface area contributed by atoms with Gasteiger partial charge >= 0.3 is 0 Å². The summed E-state index contributed by atoms with van der Waals surface area (Å²) in [5.41, 5.74) is 1.26. The summed E-state index contributed by atoms with van der Waals surface area (Å²) in [6, 6.07) is 10.1. The molecule has 0 spiro atoms. The summed E-state index contributed by atoms with van der Waals surface area (Å²) in [6.45, 7) is 0. The molecule has 0 atom stereocenters. The van der Waals surface area contributed by atoms with Gasteiger partial charge in [-0.3, -0.25) is 9.78 Å². The first-order chi connectivity index (χ1) is 10.6. The molecule has 5 nitrogen and oxygen atoms in total. The van der Waals surface area contributed by atoms with Gasteiger partial charge in [0.25, 0.3) is 5.91 Å². The molecule has 0 saturated carbocycles. The highest BCUT2D eigenvalue weighted by atomic mass is 35.5. The third-order valence-electron chi connectivity index (χ3n) is 2.94. The van der Waals surface area contributed by atoms with Gasteiger partial charge in [0.15, 0.2) is 5.82 Å². The minimum absolute atomic E-state index is 0.248. The van der Waals surface area contributed by atoms with Gasteiger partial charge in [-0.25, -0.2) is 4.68 Å². The molecule has 110 valence electrons. The number of halogens is 2. The number of benzene rings is 1. The average molecular weight is 333 g/mol. The Hall–Kier alpha value is -2.37. The Labute approximate surface area is 136 Å². The Morgan fingerprint density at radius 1 is 1.05 bits per heavy atom. The quantitative estimate of drug-likeness (QED) is 0.792. The summed E-state index contributed by atoms with van der Waals surface area (Å²) in [5, 5.41) is 7.92. The number of hydrogen-bond donors (Lipinski definition) is 1. The van der Waals surface area contributed by atoms with Crippen molar-refractivity contribution in [1.29, 1.82) is 0 Å². The van der Waals surface area contributed by atoms with Crippen LogP contribution >= 0.6 is 23.2 Å². The van der Waals surface area contributed by atoms with E-state index in [9.17, 15) is 4.79 Å². The van der Waals surface area contributed by atoms with Crippen LogP contribution in [0.25, 0.3) is 5.69 Å².